The van der Waals surface area contributed by atoms with Crippen LogP contribution in [-0.2, 0) is 25.2 Å². The molecule has 0 spiro atoms. The Morgan fingerprint density at radius 2 is 1.00 bits per heavy atom. The number of amides is 3. The van der Waals surface area contributed by atoms with Gasteiger partial charge in [-0.05, 0) is 89.8 Å². The Kier molecular flexibility index (Phi) is 13.6. The van der Waals surface area contributed by atoms with E-state index in [1.165, 1.54) is 36.0 Å². The van der Waals surface area contributed by atoms with E-state index in [9.17, 15) is 60.8 Å². The lowest BCUT2D eigenvalue weighted by atomic mass is 10.0. The van der Waals surface area contributed by atoms with Crippen LogP contribution < -0.4 is 16.0 Å². The van der Waals surface area contributed by atoms with Crippen LogP contribution in [-0.4, -0.2) is 86.0 Å². The molecule has 0 saturated carbocycles. The minimum absolute atomic E-state index is 0.0764. The molecule has 0 aliphatic rings. The molecule has 6 N–H and O–H groups in total. The van der Waals surface area contributed by atoms with Crippen LogP contribution in [0.2, 0.25) is 0 Å². The summed E-state index contributed by atoms with van der Waals surface area (Å²) in [5.41, 5.74) is -3.42. The number of hydrogen-bond donors (Lipinski definition) is 6. The normalized spacial score (nSPS) is 12.1. The third-order valence-electron chi connectivity index (χ3n) is 9.01. The van der Waals surface area contributed by atoms with Gasteiger partial charge in [0, 0.05) is 31.8 Å². The summed E-state index contributed by atoms with van der Waals surface area (Å²) in [7, 11) is 1.41. The van der Waals surface area contributed by atoms with Gasteiger partial charge in [0.15, 0.2) is 0 Å². The molecule has 0 aromatic carbocycles. The van der Waals surface area contributed by atoms with Crippen molar-refractivity contribution in [3.63, 3.8) is 0 Å². The van der Waals surface area contributed by atoms with Crippen LogP contribution in [0.15, 0.2) is 73.3 Å². The van der Waals surface area contributed by atoms with E-state index in [1.54, 1.807) is 44.5 Å². The molecule has 6 aromatic rings. The Balaban J connectivity index is 0.000000238. The molecule has 16 nitrogen and oxygen atoms in total. The molecule has 0 aliphatic heterocycles. The monoisotopic (exact) mass is 885 g/mol. The second-order valence-electron chi connectivity index (χ2n) is 15.4. The quantitative estimate of drug-likeness (QED) is 0.0731. The van der Waals surface area contributed by atoms with E-state index in [-0.39, 0.29) is 22.5 Å². The zero-order valence-corrected chi connectivity index (χ0v) is 34.2. The molecule has 63 heavy (non-hydrogen) atoms. The van der Waals surface area contributed by atoms with Crippen LogP contribution in [0.5, 0.6) is 0 Å². The number of carboxylic acid groups (broad SMARTS) is 1. The molecule has 6 aromatic heterocycles. The lowest BCUT2D eigenvalue weighted by molar-refractivity contribution is -0.142. The summed E-state index contributed by atoms with van der Waals surface area (Å²) in [6.07, 6.45) is -1.55. The number of imidazole rings is 2. The van der Waals surface area contributed by atoms with E-state index in [1.807, 2.05) is 0 Å². The summed E-state index contributed by atoms with van der Waals surface area (Å²) in [5.74, 6) is -3.75. The van der Waals surface area contributed by atoms with Gasteiger partial charge in [-0.3, -0.25) is 14.4 Å². The average Bonchev–Trinajstić information content (AvgIpc) is 3.80. The van der Waals surface area contributed by atoms with Crippen molar-refractivity contribution in [2.45, 2.75) is 76.9 Å². The molecular formula is C41H41F6N9O7. The number of hydrogen-bond acceptors (Lipinski definition) is 10. The number of rotatable bonds is 12. The Morgan fingerprint density at radius 1 is 0.603 bits per heavy atom. The third-order valence-corrected chi connectivity index (χ3v) is 9.01. The number of carboxylic acids is 1. The minimum atomic E-state index is -4.72. The number of carbonyl (C=O) groups is 4. The standard InChI is InChI=1S/C21H22F3N5O3.C20H19F3N4O4/c1-20(2,32)8-7-12-10-29-11-15(13(18(30)25-3)9-17(29)26-12)28-19(31)14-5-4-6-16(27-14)21(22,23)24;1-19(2,31)7-6-11-9-27-10-14(12(18(29)30)8-16(27)24-11)26-17(28)13-4-3-5-15(25-13)20(21,22)23/h4-6,9-11,32H,7-8H2,1-3H3,(H,25,30)(H,28,31);3-5,8-10,31H,6-7H2,1-2H3,(H,26,28)(H,29,30). The van der Waals surface area contributed by atoms with Crippen LogP contribution in [0.1, 0.15) is 105 Å². The molecule has 0 radical (unpaired) electrons. The molecule has 0 fully saturated rings. The highest BCUT2D eigenvalue weighted by molar-refractivity contribution is 6.09. The number of aromatic carboxylic acids is 1. The fourth-order valence-electron chi connectivity index (χ4n) is 5.79. The topological polar surface area (TPSA) is 225 Å². The number of nitrogens with one attached hydrogen (secondary N) is 3. The SMILES string of the molecule is CC(C)(O)CCc1cn2cc(NC(=O)c3cccc(C(F)(F)F)n3)c(C(=O)O)cc2n1.CNC(=O)c1cc2nc(CCC(C)(C)O)cn2cc1NC(=O)c1cccc(C(F)(F)F)n1. The van der Waals surface area contributed by atoms with Crippen LogP contribution in [0, 0.1) is 0 Å². The highest BCUT2D eigenvalue weighted by Gasteiger charge is 2.34. The van der Waals surface area contributed by atoms with Gasteiger partial charge in [0.25, 0.3) is 17.7 Å². The first-order valence-corrected chi connectivity index (χ1v) is 18.9. The van der Waals surface area contributed by atoms with Crippen molar-refractivity contribution < 1.29 is 60.8 Å². The van der Waals surface area contributed by atoms with Crippen molar-refractivity contribution in [2.75, 3.05) is 17.7 Å². The van der Waals surface area contributed by atoms with Crippen molar-refractivity contribution in [1.29, 1.82) is 0 Å². The summed E-state index contributed by atoms with van der Waals surface area (Å²) >= 11 is 0. The highest BCUT2D eigenvalue weighted by atomic mass is 19.4. The number of carbonyl (C=O) groups excluding carboxylic acids is 3. The van der Waals surface area contributed by atoms with Crippen molar-refractivity contribution in [3.05, 3.63) is 119 Å². The predicted molar refractivity (Wildman–Crippen MR) is 214 cm³/mol. The van der Waals surface area contributed by atoms with Crippen LogP contribution in [0.25, 0.3) is 11.3 Å². The van der Waals surface area contributed by atoms with E-state index in [0.29, 0.717) is 48.4 Å². The molecule has 0 bridgehead atoms. The number of halogens is 6. The van der Waals surface area contributed by atoms with E-state index in [4.69, 9.17) is 0 Å². The van der Waals surface area contributed by atoms with Gasteiger partial charge in [0.1, 0.15) is 34.1 Å². The van der Waals surface area contributed by atoms with Gasteiger partial charge in [-0.1, -0.05) is 12.1 Å². The minimum Gasteiger partial charge on any atom is -0.478 e. The fraction of sp³-hybridized carbons (Fsp3) is 0.317. The number of alkyl halides is 6. The molecule has 0 aliphatic carbocycles. The molecule has 3 amide bonds. The van der Waals surface area contributed by atoms with Gasteiger partial charge in [0.2, 0.25) is 0 Å². The number of aromatic nitrogens is 6. The zero-order valence-electron chi connectivity index (χ0n) is 34.2. The molecule has 334 valence electrons. The number of anilines is 2. The van der Waals surface area contributed by atoms with E-state index < -0.39 is 70.0 Å². The third kappa shape index (κ3) is 12.6. The van der Waals surface area contributed by atoms with Gasteiger partial charge >= 0.3 is 18.3 Å². The maximum absolute atomic E-state index is 12.9. The highest BCUT2D eigenvalue weighted by Crippen LogP contribution is 2.29. The maximum atomic E-state index is 12.9. The zero-order chi connectivity index (χ0) is 46.7. The van der Waals surface area contributed by atoms with Crippen LogP contribution in [0.4, 0.5) is 37.7 Å². The molecule has 0 unspecified atom stereocenters. The van der Waals surface area contributed by atoms with Gasteiger partial charge in [-0.15, -0.1) is 0 Å². The van der Waals surface area contributed by atoms with Crippen molar-refractivity contribution in [2.24, 2.45) is 0 Å². The van der Waals surface area contributed by atoms with Crippen molar-refractivity contribution in [3.8, 4) is 0 Å². The maximum Gasteiger partial charge on any atom is 0.433 e. The summed E-state index contributed by atoms with van der Waals surface area (Å²) in [5, 5.41) is 36.5. The second-order valence-corrected chi connectivity index (χ2v) is 15.4. The molecule has 22 heteroatoms. The number of aryl methyl sites for hydroxylation is 2. The summed E-state index contributed by atoms with van der Waals surface area (Å²) in [6, 6.07) is 8.55. The number of pyridine rings is 4. The van der Waals surface area contributed by atoms with Crippen LogP contribution >= 0.6 is 0 Å². The predicted octanol–water partition coefficient (Wildman–Crippen LogP) is 6.47. The average molecular weight is 886 g/mol. The Bertz CT molecular complexity index is 2680. The van der Waals surface area contributed by atoms with Gasteiger partial charge in [-0.2, -0.15) is 26.3 Å². The first-order chi connectivity index (χ1) is 29.2. The Labute approximate surface area is 354 Å². The van der Waals surface area contributed by atoms with Gasteiger partial charge in [-0.25, -0.2) is 24.7 Å². The number of aliphatic hydroxyl groups is 2. The molecule has 6 rings (SSSR count). The largest absolute Gasteiger partial charge is 0.478 e. The lowest BCUT2D eigenvalue weighted by Gasteiger charge is -2.15. The number of nitrogens with zero attached hydrogens (tertiary/aromatic N) is 6. The summed E-state index contributed by atoms with van der Waals surface area (Å²) in [6.45, 7) is 6.67. The lowest BCUT2D eigenvalue weighted by Crippen LogP contribution is -2.23. The van der Waals surface area contributed by atoms with Crippen LogP contribution in [0.3, 0.4) is 0 Å². The van der Waals surface area contributed by atoms with E-state index in [2.05, 4.69) is 35.9 Å². The summed E-state index contributed by atoms with van der Waals surface area (Å²) in [4.78, 5) is 64.4. The van der Waals surface area contributed by atoms with E-state index in [0.717, 1.165) is 36.4 Å². The number of fused-ring (bicyclic) bond motifs is 2. The second kappa shape index (κ2) is 18.2. The fourth-order valence-corrected chi connectivity index (χ4v) is 5.79. The van der Waals surface area contributed by atoms with E-state index >= 15 is 0 Å². The Morgan fingerprint density at radius 3 is 1.37 bits per heavy atom. The van der Waals surface area contributed by atoms with Gasteiger partial charge < -0.3 is 40.1 Å². The van der Waals surface area contributed by atoms with Gasteiger partial charge in [0.05, 0.1) is 45.1 Å². The van der Waals surface area contributed by atoms with Crippen molar-refractivity contribution >= 4 is 46.4 Å². The smallest absolute Gasteiger partial charge is 0.433 e. The van der Waals surface area contributed by atoms with Crippen molar-refractivity contribution in [1.82, 2.24) is 34.1 Å². The molecular weight excluding hydrogens is 844 g/mol. The molecule has 0 saturated heterocycles. The summed E-state index contributed by atoms with van der Waals surface area (Å²) < 4.78 is 80.3. The first-order valence-electron chi connectivity index (χ1n) is 18.9. The molecule has 0 atom stereocenters. The Hall–Kier alpha value is -6.94. The molecule has 6 heterocycles. The first kappa shape index (κ1) is 47.1.